The number of hydrogen-bond acceptors (Lipinski definition) is 6. The van der Waals surface area contributed by atoms with E-state index in [2.05, 4.69) is 20.4 Å². The molecule has 0 saturated carbocycles. The van der Waals surface area contributed by atoms with Crippen LogP contribution in [0.2, 0.25) is 0 Å². The van der Waals surface area contributed by atoms with Crippen molar-refractivity contribution >= 4 is 16.9 Å². The van der Waals surface area contributed by atoms with Gasteiger partial charge in [-0.2, -0.15) is 0 Å². The van der Waals surface area contributed by atoms with E-state index in [0.29, 0.717) is 45.1 Å². The SMILES string of the molecule is Cc1noc(C)c1-c1cc(C(=O)NC(C)C)c2[nH]c(=O)n3c2c1OC[C@@H]3c1ccccn1. The molecule has 0 unspecified atom stereocenters. The summed E-state index contributed by atoms with van der Waals surface area (Å²) in [5.74, 6) is 0.835. The molecule has 3 aromatic heterocycles. The van der Waals surface area contributed by atoms with Crippen LogP contribution in [0.25, 0.3) is 22.2 Å². The zero-order chi connectivity index (χ0) is 22.6. The van der Waals surface area contributed by atoms with E-state index >= 15 is 0 Å². The van der Waals surface area contributed by atoms with E-state index in [1.165, 1.54) is 0 Å². The number of H-pyrrole nitrogens is 1. The molecule has 1 aromatic carbocycles. The molecular formula is C23H23N5O4. The second-order valence-corrected chi connectivity index (χ2v) is 8.23. The molecule has 164 valence electrons. The summed E-state index contributed by atoms with van der Waals surface area (Å²) in [6, 6.07) is 6.79. The third-order valence-electron chi connectivity index (χ3n) is 5.64. The normalized spacial score (nSPS) is 15.2. The lowest BCUT2D eigenvalue weighted by molar-refractivity contribution is 0.0944. The average molecular weight is 433 g/mol. The number of aromatic amines is 1. The van der Waals surface area contributed by atoms with E-state index in [9.17, 15) is 9.59 Å². The lowest BCUT2D eigenvalue weighted by atomic mass is 9.97. The van der Waals surface area contributed by atoms with Crippen molar-refractivity contribution in [3.8, 4) is 16.9 Å². The number of nitrogens with one attached hydrogen (secondary N) is 2. The Hall–Kier alpha value is -3.88. The third kappa shape index (κ3) is 3.00. The van der Waals surface area contributed by atoms with Crippen LogP contribution in [0.15, 0.2) is 39.8 Å². The number of pyridine rings is 1. The van der Waals surface area contributed by atoms with Crippen molar-refractivity contribution in [2.75, 3.05) is 6.61 Å². The minimum atomic E-state index is -0.425. The molecule has 9 heteroatoms. The number of carbonyl (C=O) groups is 1. The highest BCUT2D eigenvalue weighted by Crippen LogP contribution is 2.44. The first-order chi connectivity index (χ1) is 15.4. The number of ether oxygens (including phenoxy) is 1. The molecule has 0 aliphatic carbocycles. The zero-order valence-electron chi connectivity index (χ0n) is 18.2. The van der Waals surface area contributed by atoms with E-state index in [4.69, 9.17) is 9.26 Å². The Morgan fingerprint density at radius 2 is 2.12 bits per heavy atom. The van der Waals surface area contributed by atoms with Crippen molar-refractivity contribution in [2.24, 2.45) is 0 Å². The van der Waals surface area contributed by atoms with Crippen LogP contribution in [0, 0.1) is 13.8 Å². The van der Waals surface area contributed by atoms with E-state index in [1.54, 1.807) is 16.8 Å². The highest BCUT2D eigenvalue weighted by atomic mass is 16.5. The fourth-order valence-electron chi connectivity index (χ4n) is 4.32. The second kappa shape index (κ2) is 7.37. The van der Waals surface area contributed by atoms with Crippen molar-refractivity contribution in [3.63, 3.8) is 0 Å². The maximum absolute atomic E-state index is 13.1. The van der Waals surface area contributed by atoms with Crippen molar-refractivity contribution in [3.05, 3.63) is 63.7 Å². The number of rotatable bonds is 4. The Morgan fingerprint density at radius 3 is 2.78 bits per heavy atom. The van der Waals surface area contributed by atoms with Gasteiger partial charge in [-0.25, -0.2) is 4.79 Å². The molecule has 32 heavy (non-hydrogen) atoms. The number of aryl methyl sites for hydroxylation is 2. The molecule has 2 N–H and O–H groups in total. The summed E-state index contributed by atoms with van der Waals surface area (Å²) in [5.41, 5.74) is 3.78. The second-order valence-electron chi connectivity index (χ2n) is 8.23. The Balaban J connectivity index is 1.85. The fraction of sp³-hybridized carbons (Fsp3) is 0.304. The highest BCUT2D eigenvalue weighted by molar-refractivity contribution is 6.09. The molecule has 0 spiro atoms. The summed E-state index contributed by atoms with van der Waals surface area (Å²) in [4.78, 5) is 33.6. The number of imidazole rings is 1. The van der Waals surface area contributed by atoms with Crippen LogP contribution in [0.5, 0.6) is 5.75 Å². The van der Waals surface area contributed by atoms with Crippen molar-refractivity contribution in [1.82, 2.24) is 25.0 Å². The first-order valence-corrected chi connectivity index (χ1v) is 10.5. The van der Waals surface area contributed by atoms with Crippen LogP contribution in [0.1, 0.15) is 47.4 Å². The number of nitrogens with zero attached hydrogens (tertiary/aromatic N) is 3. The Bertz CT molecular complexity index is 1380. The summed E-state index contributed by atoms with van der Waals surface area (Å²) in [5, 5.41) is 6.98. The van der Waals surface area contributed by atoms with Gasteiger partial charge >= 0.3 is 5.69 Å². The van der Waals surface area contributed by atoms with E-state index in [0.717, 1.165) is 5.56 Å². The van der Waals surface area contributed by atoms with Crippen LogP contribution in [-0.2, 0) is 0 Å². The van der Waals surface area contributed by atoms with Gasteiger partial charge in [-0.3, -0.25) is 14.3 Å². The average Bonchev–Trinajstić information content (AvgIpc) is 3.29. The Morgan fingerprint density at radius 1 is 1.31 bits per heavy atom. The zero-order valence-corrected chi connectivity index (χ0v) is 18.2. The van der Waals surface area contributed by atoms with Gasteiger partial charge in [-0.1, -0.05) is 11.2 Å². The molecule has 4 aromatic rings. The summed E-state index contributed by atoms with van der Waals surface area (Å²) >= 11 is 0. The van der Waals surface area contributed by atoms with Gasteiger partial charge in [0.05, 0.1) is 28.0 Å². The van der Waals surface area contributed by atoms with Gasteiger partial charge in [-0.15, -0.1) is 0 Å². The molecule has 0 bridgehead atoms. The van der Waals surface area contributed by atoms with E-state index in [-0.39, 0.29) is 24.2 Å². The van der Waals surface area contributed by atoms with Crippen LogP contribution in [0.3, 0.4) is 0 Å². The van der Waals surface area contributed by atoms with E-state index in [1.807, 2.05) is 45.9 Å². The molecule has 1 aliphatic heterocycles. The maximum atomic E-state index is 13.1. The number of amides is 1. The van der Waals surface area contributed by atoms with Gasteiger partial charge in [0.15, 0.2) is 5.75 Å². The quantitative estimate of drug-likeness (QED) is 0.511. The van der Waals surface area contributed by atoms with Crippen molar-refractivity contribution in [2.45, 2.75) is 39.8 Å². The lowest BCUT2D eigenvalue weighted by Gasteiger charge is -2.27. The molecule has 9 nitrogen and oxygen atoms in total. The van der Waals surface area contributed by atoms with Crippen molar-refractivity contribution in [1.29, 1.82) is 0 Å². The molecule has 1 aliphatic rings. The van der Waals surface area contributed by atoms with Crippen LogP contribution in [0.4, 0.5) is 0 Å². The molecule has 0 radical (unpaired) electrons. The molecule has 1 atom stereocenters. The molecule has 0 saturated heterocycles. The molecule has 0 fully saturated rings. The first-order valence-electron chi connectivity index (χ1n) is 10.5. The van der Waals surface area contributed by atoms with Gasteiger partial charge in [0, 0.05) is 17.8 Å². The molecule has 1 amide bonds. The van der Waals surface area contributed by atoms with Gasteiger partial charge in [0.2, 0.25) is 0 Å². The predicted molar refractivity (Wildman–Crippen MR) is 118 cm³/mol. The van der Waals surface area contributed by atoms with E-state index < -0.39 is 6.04 Å². The summed E-state index contributed by atoms with van der Waals surface area (Å²) in [6.07, 6.45) is 1.68. The third-order valence-corrected chi connectivity index (χ3v) is 5.64. The predicted octanol–water partition coefficient (Wildman–Crippen LogP) is 3.12. The fourth-order valence-corrected chi connectivity index (χ4v) is 4.32. The summed E-state index contributed by atoms with van der Waals surface area (Å²) in [7, 11) is 0. The number of hydrogen-bond donors (Lipinski definition) is 2. The highest BCUT2D eigenvalue weighted by Gasteiger charge is 2.33. The number of aromatic nitrogens is 4. The van der Waals surface area contributed by atoms with Gasteiger partial charge in [0.1, 0.15) is 23.9 Å². The van der Waals surface area contributed by atoms with Crippen LogP contribution in [-0.4, -0.2) is 38.2 Å². The Labute approximate surface area is 183 Å². The topological polar surface area (TPSA) is 115 Å². The Kier molecular flexibility index (Phi) is 4.61. The molecule has 4 heterocycles. The van der Waals surface area contributed by atoms with Crippen LogP contribution < -0.4 is 15.7 Å². The maximum Gasteiger partial charge on any atom is 0.327 e. The monoisotopic (exact) mass is 433 g/mol. The standard InChI is InChI=1S/C23H23N5O4/c1-11(2)25-22(29)15-9-14(18-12(3)27-32-13(18)4)21-20-19(15)26-23(30)28(20)17(10-31-21)16-7-5-6-8-24-16/h5-9,11,17H,10H2,1-4H3,(H,25,29)(H,26,30)/t17-/m1/s1. The minimum Gasteiger partial charge on any atom is -0.488 e. The lowest BCUT2D eigenvalue weighted by Crippen LogP contribution is -2.31. The van der Waals surface area contributed by atoms with Gasteiger partial charge < -0.3 is 19.6 Å². The minimum absolute atomic E-state index is 0.0704. The molecular weight excluding hydrogens is 410 g/mol. The summed E-state index contributed by atoms with van der Waals surface area (Å²) in [6.45, 7) is 7.64. The summed E-state index contributed by atoms with van der Waals surface area (Å²) < 4.78 is 13.2. The molecule has 5 rings (SSSR count). The van der Waals surface area contributed by atoms with Gasteiger partial charge in [-0.05, 0) is 45.9 Å². The number of benzene rings is 1. The van der Waals surface area contributed by atoms with Crippen LogP contribution >= 0.6 is 0 Å². The number of carbonyl (C=O) groups excluding carboxylic acids is 1. The smallest absolute Gasteiger partial charge is 0.327 e. The first kappa shape index (κ1) is 20.0. The van der Waals surface area contributed by atoms with Gasteiger partial charge in [0.25, 0.3) is 5.91 Å². The largest absolute Gasteiger partial charge is 0.488 e. The van der Waals surface area contributed by atoms with Crippen molar-refractivity contribution < 1.29 is 14.1 Å².